The predicted molar refractivity (Wildman–Crippen MR) is 44.6 cm³/mol. The molecule has 0 spiro atoms. The molecule has 0 aromatic rings. The van der Waals surface area contributed by atoms with Crippen molar-refractivity contribution in [2.24, 2.45) is 0 Å². The van der Waals surface area contributed by atoms with E-state index in [-0.39, 0.29) is 12.1 Å². The number of rotatable bonds is 6. The molecule has 12 heavy (non-hydrogen) atoms. The van der Waals surface area contributed by atoms with Crippen LogP contribution in [0.5, 0.6) is 0 Å². The maximum absolute atomic E-state index is 11.7. The lowest BCUT2D eigenvalue weighted by Gasteiger charge is -2.26. The molecule has 0 saturated heterocycles. The molecular formula is C8H17F2NO. The SMILES string of the molecule is CCC(C)(CNCC(F)F)OC. The molecule has 0 amide bonds. The molecule has 0 aliphatic carbocycles. The van der Waals surface area contributed by atoms with E-state index in [1.165, 1.54) is 0 Å². The van der Waals surface area contributed by atoms with E-state index >= 15 is 0 Å². The van der Waals surface area contributed by atoms with Gasteiger partial charge in [0.2, 0.25) is 0 Å². The quantitative estimate of drug-likeness (QED) is 0.672. The fraction of sp³-hybridized carbons (Fsp3) is 1.00. The van der Waals surface area contributed by atoms with Gasteiger partial charge in [0.25, 0.3) is 6.43 Å². The fourth-order valence-corrected chi connectivity index (χ4v) is 0.787. The number of halogens is 2. The van der Waals surface area contributed by atoms with Gasteiger partial charge in [-0.05, 0) is 13.3 Å². The van der Waals surface area contributed by atoms with Crippen molar-refractivity contribution in [2.45, 2.75) is 32.3 Å². The molecule has 0 heterocycles. The van der Waals surface area contributed by atoms with Crippen LogP contribution in [0, 0.1) is 0 Å². The minimum atomic E-state index is -2.29. The third-order valence-electron chi connectivity index (χ3n) is 2.04. The largest absolute Gasteiger partial charge is 0.377 e. The standard InChI is InChI=1S/C8H17F2NO/c1-4-8(2,12-3)6-11-5-7(9)10/h7,11H,4-6H2,1-3H3. The van der Waals surface area contributed by atoms with Gasteiger partial charge in [-0.25, -0.2) is 8.78 Å². The number of methoxy groups -OCH3 is 1. The summed E-state index contributed by atoms with van der Waals surface area (Å²) in [5, 5.41) is 2.65. The van der Waals surface area contributed by atoms with E-state index in [2.05, 4.69) is 5.32 Å². The number of hydrogen-bond acceptors (Lipinski definition) is 2. The molecule has 0 aliphatic rings. The van der Waals surface area contributed by atoms with Crippen LogP contribution < -0.4 is 5.32 Å². The second-order valence-corrected chi connectivity index (χ2v) is 3.03. The molecule has 0 aromatic carbocycles. The van der Waals surface area contributed by atoms with Crippen molar-refractivity contribution in [1.29, 1.82) is 0 Å². The average molecular weight is 181 g/mol. The highest BCUT2D eigenvalue weighted by molar-refractivity contribution is 4.75. The summed E-state index contributed by atoms with van der Waals surface area (Å²) < 4.78 is 28.6. The van der Waals surface area contributed by atoms with Gasteiger partial charge in [-0.3, -0.25) is 0 Å². The second kappa shape index (κ2) is 5.43. The van der Waals surface area contributed by atoms with Crippen molar-refractivity contribution >= 4 is 0 Å². The summed E-state index contributed by atoms with van der Waals surface area (Å²) >= 11 is 0. The monoisotopic (exact) mass is 181 g/mol. The number of nitrogens with one attached hydrogen (secondary N) is 1. The smallest absolute Gasteiger partial charge is 0.250 e. The van der Waals surface area contributed by atoms with Gasteiger partial charge in [0, 0.05) is 13.7 Å². The minimum Gasteiger partial charge on any atom is -0.377 e. The van der Waals surface area contributed by atoms with E-state index in [0.717, 1.165) is 6.42 Å². The van der Waals surface area contributed by atoms with Gasteiger partial charge in [-0.2, -0.15) is 0 Å². The van der Waals surface area contributed by atoms with E-state index in [4.69, 9.17) is 4.74 Å². The molecule has 0 bridgehead atoms. The van der Waals surface area contributed by atoms with E-state index in [9.17, 15) is 8.78 Å². The average Bonchev–Trinajstić information content (AvgIpc) is 2.03. The van der Waals surface area contributed by atoms with Gasteiger partial charge >= 0.3 is 0 Å². The first kappa shape index (κ1) is 11.8. The van der Waals surface area contributed by atoms with Crippen LogP contribution in [0.3, 0.4) is 0 Å². The van der Waals surface area contributed by atoms with Crippen LogP contribution in [0.2, 0.25) is 0 Å². The highest BCUT2D eigenvalue weighted by Crippen LogP contribution is 2.11. The first-order valence-electron chi connectivity index (χ1n) is 4.08. The van der Waals surface area contributed by atoms with Crippen molar-refractivity contribution in [2.75, 3.05) is 20.2 Å². The van der Waals surface area contributed by atoms with Crippen LogP contribution in [-0.2, 0) is 4.74 Å². The molecule has 2 nitrogen and oxygen atoms in total. The van der Waals surface area contributed by atoms with Crippen LogP contribution >= 0.6 is 0 Å². The second-order valence-electron chi connectivity index (χ2n) is 3.03. The van der Waals surface area contributed by atoms with Gasteiger partial charge in [-0.15, -0.1) is 0 Å². The molecule has 0 aromatic heterocycles. The number of alkyl halides is 2. The van der Waals surface area contributed by atoms with Crippen LogP contribution in [0.1, 0.15) is 20.3 Å². The Balaban J connectivity index is 3.58. The van der Waals surface area contributed by atoms with Gasteiger partial charge in [0.05, 0.1) is 12.1 Å². The molecule has 1 atom stereocenters. The number of hydrogen-bond donors (Lipinski definition) is 1. The Morgan fingerprint density at radius 3 is 2.42 bits per heavy atom. The Morgan fingerprint density at radius 1 is 1.50 bits per heavy atom. The van der Waals surface area contributed by atoms with E-state index in [1.807, 2.05) is 13.8 Å². The zero-order valence-electron chi connectivity index (χ0n) is 7.86. The van der Waals surface area contributed by atoms with Crippen molar-refractivity contribution in [3.63, 3.8) is 0 Å². The molecule has 0 rings (SSSR count). The molecular weight excluding hydrogens is 164 g/mol. The Labute approximate surface area is 72.3 Å². The van der Waals surface area contributed by atoms with Crippen LogP contribution in [0.25, 0.3) is 0 Å². The first-order chi connectivity index (χ1) is 5.54. The third kappa shape index (κ3) is 4.62. The summed E-state index contributed by atoms with van der Waals surface area (Å²) in [6, 6.07) is 0. The molecule has 0 aliphatic heterocycles. The topological polar surface area (TPSA) is 21.3 Å². The maximum Gasteiger partial charge on any atom is 0.250 e. The third-order valence-corrected chi connectivity index (χ3v) is 2.04. The molecule has 4 heteroatoms. The van der Waals surface area contributed by atoms with Gasteiger partial charge in [-0.1, -0.05) is 6.92 Å². The highest BCUT2D eigenvalue weighted by Gasteiger charge is 2.20. The molecule has 0 fully saturated rings. The van der Waals surface area contributed by atoms with E-state index < -0.39 is 6.43 Å². The predicted octanol–water partition coefficient (Wildman–Crippen LogP) is 1.66. The fourth-order valence-electron chi connectivity index (χ4n) is 0.787. The minimum absolute atomic E-state index is 0.265. The summed E-state index contributed by atoms with van der Waals surface area (Å²) in [7, 11) is 1.59. The van der Waals surface area contributed by atoms with Crippen LogP contribution in [0.15, 0.2) is 0 Å². The lowest BCUT2D eigenvalue weighted by atomic mass is 10.0. The lowest BCUT2D eigenvalue weighted by Crippen LogP contribution is -2.40. The first-order valence-corrected chi connectivity index (χ1v) is 4.08. The zero-order valence-corrected chi connectivity index (χ0v) is 7.86. The van der Waals surface area contributed by atoms with E-state index in [0.29, 0.717) is 6.54 Å². The zero-order chi connectivity index (χ0) is 9.61. The molecule has 1 N–H and O–H groups in total. The van der Waals surface area contributed by atoms with Gasteiger partial charge in [0.1, 0.15) is 0 Å². The lowest BCUT2D eigenvalue weighted by molar-refractivity contribution is 0.000797. The molecule has 1 unspecified atom stereocenters. The molecule has 0 saturated carbocycles. The van der Waals surface area contributed by atoms with Crippen molar-refractivity contribution < 1.29 is 13.5 Å². The highest BCUT2D eigenvalue weighted by atomic mass is 19.3. The van der Waals surface area contributed by atoms with Crippen LogP contribution in [0.4, 0.5) is 8.78 Å². The normalized spacial score (nSPS) is 16.5. The summed E-state index contributed by atoms with van der Waals surface area (Å²) in [5.41, 5.74) is -0.325. The summed E-state index contributed by atoms with van der Waals surface area (Å²) in [5.74, 6) is 0. The Bertz CT molecular complexity index is 116. The summed E-state index contributed by atoms with van der Waals surface area (Å²) in [6.07, 6.45) is -1.48. The number of ether oxygens (including phenoxy) is 1. The van der Waals surface area contributed by atoms with Gasteiger partial charge in [0.15, 0.2) is 0 Å². The Morgan fingerprint density at radius 2 is 2.08 bits per heavy atom. The maximum atomic E-state index is 11.7. The molecule has 74 valence electrons. The Hall–Kier alpha value is -0.220. The summed E-state index contributed by atoms with van der Waals surface area (Å²) in [6.45, 7) is 4.06. The van der Waals surface area contributed by atoms with Gasteiger partial charge < -0.3 is 10.1 Å². The van der Waals surface area contributed by atoms with Crippen molar-refractivity contribution in [1.82, 2.24) is 5.32 Å². The van der Waals surface area contributed by atoms with Crippen molar-refractivity contribution in [3.05, 3.63) is 0 Å². The van der Waals surface area contributed by atoms with Crippen molar-refractivity contribution in [3.8, 4) is 0 Å². The van der Waals surface area contributed by atoms with E-state index in [1.54, 1.807) is 7.11 Å². The Kier molecular flexibility index (Phi) is 5.33. The summed E-state index contributed by atoms with van der Waals surface area (Å²) in [4.78, 5) is 0. The molecule has 0 radical (unpaired) electrons. The van der Waals surface area contributed by atoms with Crippen LogP contribution in [-0.4, -0.2) is 32.2 Å².